The molecule has 0 saturated carbocycles. The molecule has 0 radical (unpaired) electrons. The molecule has 0 aliphatic carbocycles. The molecule has 2 aromatic rings. The SMILES string of the molecule is CS(=O)(=O)c1nc(F)c(-c2cccc(Cl)c2)c(=O)[nH]1. The minimum atomic E-state index is -3.79. The van der Waals surface area contributed by atoms with Gasteiger partial charge in [-0.1, -0.05) is 23.7 Å². The van der Waals surface area contributed by atoms with Crippen LogP contribution in [0.5, 0.6) is 0 Å². The number of sulfone groups is 1. The van der Waals surface area contributed by atoms with Crippen molar-refractivity contribution in [3.63, 3.8) is 0 Å². The van der Waals surface area contributed by atoms with E-state index in [9.17, 15) is 17.6 Å². The lowest BCUT2D eigenvalue weighted by atomic mass is 10.1. The van der Waals surface area contributed by atoms with Crippen molar-refractivity contribution in [3.05, 3.63) is 45.6 Å². The molecule has 2 rings (SSSR count). The van der Waals surface area contributed by atoms with E-state index in [0.29, 0.717) is 5.02 Å². The van der Waals surface area contributed by atoms with E-state index in [1.165, 1.54) is 12.1 Å². The smallest absolute Gasteiger partial charge is 0.262 e. The van der Waals surface area contributed by atoms with Gasteiger partial charge in [0, 0.05) is 11.3 Å². The van der Waals surface area contributed by atoms with E-state index in [4.69, 9.17) is 11.6 Å². The first-order valence-corrected chi connectivity index (χ1v) is 7.32. The first-order chi connectivity index (χ1) is 8.79. The largest absolute Gasteiger partial charge is 0.297 e. The van der Waals surface area contributed by atoms with Crippen LogP contribution in [-0.4, -0.2) is 24.6 Å². The van der Waals surface area contributed by atoms with E-state index in [0.717, 1.165) is 6.26 Å². The molecule has 0 aliphatic rings. The van der Waals surface area contributed by atoms with Crippen LogP contribution in [0.1, 0.15) is 0 Å². The van der Waals surface area contributed by atoms with Crippen molar-refractivity contribution < 1.29 is 12.8 Å². The predicted molar refractivity (Wildman–Crippen MR) is 68.4 cm³/mol. The zero-order chi connectivity index (χ0) is 14.2. The lowest BCUT2D eigenvalue weighted by Gasteiger charge is -2.04. The molecule has 100 valence electrons. The van der Waals surface area contributed by atoms with Crippen LogP contribution in [0.15, 0.2) is 34.2 Å². The highest BCUT2D eigenvalue weighted by Gasteiger charge is 2.18. The second kappa shape index (κ2) is 4.75. The number of hydrogen-bond acceptors (Lipinski definition) is 4. The highest BCUT2D eigenvalue weighted by molar-refractivity contribution is 7.90. The third-order valence-electron chi connectivity index (χ3n) is 2.32. The van der Waals surface area contributed by atoms with Crippen molar-refractivity contribution >= 4 is 21.4 Å². The molecule has 0 fully saturated rings. The van der Waals surface area contributed by atoms with Gasteiger partial charge in [-0.2, -0.15) is 9.37 Å². The fraction of sp³-hybridized carbons (Fsp3) is 0.0909. The van der Waals surface area contributed by atoms with Gasteiger partial charge in [-0.15, -0.1) is 0 Å². The third kappa shape index (κ3) is 2.82. The van der Waals surface area contributed by atoms with Gasteiger partial charge in [0.05, 0.1) is 0 Å². The van der Waals surface area contributed by atoms with Crippen molar-refractivity contribution in [2.45, 2.75) is 5.16 Å². The van der Waals surface area contributed by atoms with Crippen LogP contribution < -0.4 is 5.56 Å². The molecular weight excluding hydrogens is 295 g/mol. The Morgan fingerprint density at radius 1 is 1.37 bits per heavy atom. The van der Waals surface area contributed by atoms with Crippen LogP contribution in [0.4, 0.5) is 4.39 Å². The molecule has 1 N–H and O–H groups in total. The molecule has 19 heavy (non-hydrogen) atoms. The Bertz CT molecular complexity index is 802. The molecule has 0 unspecified atom stereocenters. The average Bonchev–Trinajstić information content (AvgIpc) is 2.26. The summed E-state index contributed by atoms with van der Waals surface area (Å²) in [7, 11) is -3.79. The number of hydrogen-bond donors (Lipinski definition) is 1. The summed E-state index contributed by atoms with van der Waals surface area (Å²) >= 11 is 5.75. The van der Waals surface area contributed by atoms with Crippen molar-refractivity contribution in [2.75, 3.05) is 6.26 Å². The highest BCUT2D eigenvalue weighted by atomic mass is 35.5. The van der Waals surface area contributed by atoms with Crippen LogP contribution in [0.3, 0.4) is 0 Å². The summed E-state index contributed by atoms with van der Waals surface area (Å²) in [6.45, 7) is 0. The van der Waals surface area contributed by atoms with E-state index in [-0.39, 0.29) is 11.1 Å². The molecular formula is C11H8ClFN2O3S. The molecule has 0 amide bonds. The molecule has 0 aliphatic heterocycles. The Labute approximate surface area is 113 Å². The van der Waals surface area contributed by atoms with Gasteiger partial charge < -0.3 is 0 Å². The van der Waals surface area contributed by atoms with Gasteiger partial charge in [-0.3, -0.25) is 9.78 Å². The topological polar surface area (TPSA) is 79.9 Å². The summed E-state index contributed by atoms with van der Waals surface area (Å²) in [5, 5.41) is -0.385. The van der Waals surface area contributed by atoms with Crippen molar-refractivity contribution in [1.29, 1.82) is 0 Å². The zero-order valence-corrected chi connectivity index (χ0v) is 11.2. The van der Waals surface area contributed by atoms with Gasteiger partial charge >= 0.3 is 0 Å². The van der Waals surface area contributed by atoms with E-state index in [1.54, 1.807) is 12.1 Å². The summed E-state index contributed by atoms with van der Waals surface area (Å²) < 4.78 is 36.3. The van der Waals surface area contributed by atoms with E-state index in [2.05, 4.69) is 4.98 Å². The van der Waals surface area contributed by atoms with E-state index < -0.39 is 26.5 Å². The maximum Gasteiger partial charge on any atom is 0.262 e. The molecule has 1 aromatic heterocycles. The Kier molecular flexibility index (Phi) is 3.42. The Hall–Kier alpha value is -1.73. The predicted octanol–water partition coefficient (Wildman–Crippen LogP) is 1.63. The second-order valence-corrected chi connectivity index (χ2v) is 6.19. The number of H-pyrrole nitrogens is 1. The normalized spacial score (nSPS) is 11.5. The van der Waals surface area contributed by atoms with Crippen LogP contribution in [-0.2, 0) is 9.84 Å². The fourth-order valence-electron chi connectivity index (χ4n) is 1.50. The Morgan fingerprint density at radius 2 is 2.05 bits per heavy atom. The Morgan fingerprint density at radius 3 is 2.58 bits per heavy atom. The molecule has 1 aromatic carbocycles. The van der Waals surface area contributed by atoms with Gasteiger partial charge in [0.2, 0.25) is 20.9 Å². The minimum absolute atomic E-state index is 0.221. The lowest BCUT2D eigenvalue weighted by molar-refractivity contribution is 0.547. The summed E-state index contributed by atoms with van der Waals surface area (Å²) in [6, 6.07) is 5.97. The van der Waals surface area contributed by atoms with Gasteiger partial charge in [-0.05, 0) is 17.7 Å². The van der Waals surface area contributed by atoms with Crippen molar-refractivity contribution in [3.8, 4) is 11.1 Å². The Balaban J connectivity index is 2.71. The summed E-state index contributed by atoms with van der Waals surface area (Å²) in [5.74, 6) is -1.16. The maximum atomic E-state index is 13.8. The number of nitrogens with one attached hydrogen (secondary N) is 1. The molecule has 0 spiro atoms. The number of nitrogens with zero attached hydrogens (tertiary/aromatic N) is 1. The first-order valence-electron chi connectivity index (χ1n) is 5.05. The van der Waals surface area contributed by atoms with E-state index >= 15 is 0 Å². The fourth-order valence-corrected chi connectivity index (χ4v) is 2.21. The number of benzene rings is 1. The molecule has 0 atom stereocenters. The summed E-state index contributed by atoms with van der Waals surface area (Å²) in [6.07, 6.45) is 0.823. The number of aromatic nitrogens is 2. The lowest BCUT2D eigenvalue weighted by Crippen LogP contribution is -2.19. The van der Waals surface area contributed by atoms with Gasteiger partial charge in [0.15, 0.2) is 0 Å². The minimum Gasteiger partial charge on any atom is -0.297 e. The van der Waals surface area contributed by atoms with Gasteiger partial charge in [0.25, 0.3) is 5.56 Å². The quantitative estimate of drug-likeness (QED) is 0.675. The van der Waals surface area contributed by atoms with Gasteiger partial charge in [-0.25, -0.2) is 8.42 Å². The standard InChI is InChI=1S/C11H8ClFN2O3S/c1-19(17,18)11-14-9(13)8(10(16)15-11)6-3-2-4-7(12)5-6/h2-5H,1H3,(H,14,15,16). The third-order valence-corrected chi connectivity index (χ3v) is 3.45. The number of aromatic amines is 1. The highest BCUT2D eigenvalue weighted by Crippen LogP contribution is 2.21. The van der Waals surface area contributed by atoms with Gasteiger partial charge in [0.1, 0.15) is 5.56 Å². The number of rotatable bonds is 2. The van der Waals surface area contributed by atoms with E-state index in [1.807, 2.05) is 4.98 Å². The molecule has 5 nitrogen and oxygen atoms in total. The molecule has 1 heterocycles. The van der Waals surface area contributed by atoms with Crippen molar-refractivity contribution in [2.24, 2.45) is 0 Å². The number of halogens is 2. The summed E-state index contributed by atoms with van der Waals surface area (Å²) in [4.78, 5) is 17.1. The van der Waals surface area contributed by atoms with Crippen LogP contribution in [0.25, 0.3) is 11.1 Å². The monoisotopic (exact) mass is 302 g/mol. The average molecular weight is 303 g/mol. The summed E-state index contributed by atoms with van der Waals surface area (Å²) in [5.41, 5.74) is -1.01. The van der Waals surface area contributed by atoms with Crippen LogP contribution >= 0.6 is 11.6 Å². The van der Waals surface area contributed by atoms with Crippen LogP contribution in [0.2, 0.25) is 5.02 Å². The molecule has 0 saturated heterocycles. The zero-order valence-electron chi connectivity index (χ0n) is 9.65. The first kappa shape index (κ1) is 13.7. The van der Waals surface area contributed by atoms with Crippen LogP contribution in [0, 0.1) is 5.95 Å². The molecule has 8 heteroatoms. The molecule has 0 bridgehead atoms. The maximum absolute atomic E-state index is 13.8. The van der Waals surface area contributed by atoms with Crippen molar-refractivity contribution in [1.82, 2.24) is 9.97 Å². The second-order valence-electron chi connectivity index (χ2n) is 3.82.